The molecule has 5 nitrogen and oxygen atoms in total. The lowest BCUT2D eigenvalue weighted by Crippen LogP contribution is -2.19. The Labute approximate surface area is 141 Å². The average Bonchev–Trinajstić information content (AvgIpc) is 3.00. The van der Waals surface area contributed by atoms with Gasteiger partial charge in [-0.15, -0.1) is 0 Å². The summed E-state index contributed by atoms with van der Waals surface area (Å²) in [7, 11) is 0. The van der Waals surface area contributed by atoms with Crippen molar-refractivity contribution >= 4 is 33.5 Å². The van der Waals surface area contributed by atoms with Crippen molar-refractivity contribution in [3.05, 3.63) is 64.6 Å². The highest BCUT2D eigenvalue weighted by atomic mass is 79.9. The van der Waals surface area contributed by atoms with Gasteiger partial charge in [-0.2, -0.15) is 0 Å². The smallest absolute Gasteiger partial charge is 0.324 e. The second-order valence-electron chi connectivity index (χ2n) is 4.99. The zero-order chi connectivity index (χ0) is 16.2. The fourth-order valence-electron chi connectivity index (χ4n) is 2.07. The topological polar surface area (TPSA) is 67.2 Å². The van der Waals surface area contributed by atoms with Gasteiger partial charge >= 0.3 is 6.03 Å². The summed E-state index contributed by atoms with van der Waals surface area (Å²) in [5.41, 5.74) is 2.64. The van der Waals surface area contributed by atoms with Crippen LogP contribution in [-0.4, -0.2) is 11.2 Å². The molecule has 1 aromatic heterocycles. The number of nitrogens with zero attached hydrogens (tertiary/aromatic N) is 1. The van der Waals surface area contributed by atoms with Crippen LogP contribution in [0, 0.1) is 6.92 Å². The Bertz CT molecular complexity index is 831. The number of anilines is 2. The van der Waals surface area contributed by atoms with E-state index in [0.29, 0.717) is 17.3 Å². The first-order valence-electron chi connectivity index (χ1n) is 6.98. The van der Waals surface area contributed by atoms with E-state index in [1.807, 2.05) is 55.5 Å². The summed E-state index contributed by atoms with van der Waals surface area (Å²) in [6.45, 7) is 1.96. The van der Waals surface area contributed by atoms with Gasteiger partial charge in [-0.25, -0.2) is 4.79 Å². The summed E-state index contributed by atoms with van der Waals surface area (Å²) in [6.07, 6.45) is 0. The average molecular weight is 372 g/mol. The Morgan fingerprint density at radius 3 is 2.61 bits per heavy atom. The van der Waals surface area contributed by atoms with E-state index in [1.54, 1.807) is 6.07 Å². The predicted octanol–water partition coefficient (Wildman–Crippen LogP) is 5.06. The third-order valence-corrected chi connectivity index (χ3v) is 4.12. The first-order chi connectivity index (χ1) is 11.1. The summed E-state index contributed by atoms with van der Waals surface area (Å²) in [6, 6.07) is 16.4. The van der Waals surface area contributed by atoms with Gasteiger partial charge in [-0.3, -0.25) is 5.32 Å². The molecule has 2 aromatic carbocycles. The molecule has 0 fully saturated rings. The minimum atomic E-state index is -0.375. The number of aromatic nitrogens is 1. The summed E-state index contributed by atoms with van der Waals surface area (Å²) in [5, 5.41) is 9.25. The van der Waals surface area contributed by atoms with Crippen LogP contribution in [0.5, 0.6) is 0 Å². The second-order valence-corrected chi connectivity index (χ2v) is 5.84. The van der Waals surface area contributed by atoms with Crippen molar-refractivity contribution in [1.29, 1.82) is 0 Å². The number of carbonyl (C=O) groups excluding carboxylic acids is 1. The van der Waals surface area contributed by atoms with Gasteiger partial charge in [0.2, 0.25) is 0 Å². The lowest BCUT2D eigenvalue weighted by molar-refractivity contribution is 0.262. The largest absolute Gasteiger partial charge is 0.354 e. The van der Waals surface area contributed by atoms with Crippen molar-refractivity contribution in [2.75, 3.05) is 10.6 Å². The maximum absolute atomic E-state index is 12.0. The third kappa shape index (κ3) is 3.78. The molecule has 3 rings (SSSR count). The van der Waals surface area contributed by atoms with Crippen molar-refractivity contribution < 1.29 is 9.32 Å². The Kier molecular flexibility index (Phi) is 4.43. The van der Waals surface area contributed by atoms with Gasteiger partial charge in [-0.05, 0) is 30.7 Å². The van der Waals surface area contributed by atoms with Gasteiger partial charge in [0.25, 0.3) is 0 Å². The molecule has 2 amide bonds. The van der Waals surface area contributed by atoms with E-state index in [0.717, 1.165) is 15.6 Å². The van der Waals surface area contributed by atoms with Gasteiger partial charge < -0.3 is 9.84 Å². The normalized spacial score (nSPS) is 10.3. The molecule has 0 aliphatic rings. The molecule has 0 atom stereocenters. The fraction of sp³-hybridized carbons (Fsp3) is 0.0588. The van der Waals surface area contributed by atoms with Crippen molar-refractivity contribution in [3.8, 4) is 11.3 Å². The van der Waals surface area contributed by atoms with Crippen molar-refractivity contribution in [2.45, 2.75) is 6.92 Å². The minimum Gasteiger partial charge on any atom is -0.354 e. The van der Waals surface area contributed by atoms with Gasteiger partial charge in [0.15, 0.2) is 11.6 Å². The maximum Gasteiger partial charge on any atom is 0.324 e. The van der Waals surface area contributed by atoms with Crippen LogP contribution < -0.4 is 10.6 Å². The fourth-order valence-corrected chi connectivity index (χ4v) is 2.32. The molecule has 0 bridgehead atoms. The van der Waals surface area contributed by atoms with Crippen LogP contribution in [0.4, 0.5) is 16.3 Å². The number of rotatable bonds is 3. The Hall–Kier alpha value is -2.60. The van der Waals surface area contributed by atoms with Crippen LogP contribution in [-0.2, 0) is 0 Å². The molecule has 1 heterocycles. The molecule has 6 heteroatoms. The highest BCUT2D eigenvalue weighted by Gasteiger charge is 2.09. The van der Waals surface area contributed by atoms with Gasteiger partial charge in [0.1, 0.15) is 0 Å². The second kappa shape index (κ2) is 6.66. The molecule has 0 aliphatic carbocycles. The number of amides is 2. The standard InChI is InChI=1S/C17H14BrN3O2/c1-11-9-13(7-8-14(11)18)19-17(22)20-16-10-15(23-21-16)12-5-3-2-4-6-12/h2-10H,1H3,(H2,19,20,21,22). The molecule has 0 spiro atoms. The number of benzene rings is 2. The van der Waals surface area contributed by atoms with Crippen LogP contribution in [0.2, 0.25) is 0 Å². The molecule has 23 heavy (non-hydrogen) atoms. The highest BCUT2D eigenvalue weighted by molar-refractivity contribution is 9.10. The third-order valence-electron chi connectivity index (χ3n) is 3.23. The van der Waals surface area contributed by atoms with Crippen LogP contribution in [0.25, 0.3) is 11.3 Å². The highest BCUT2D eigenvalue weighted by Crippen LogP contribution is 2.23. The molecule has 0 unspecified atom stereocenters. The number of urea groups is 1. The van der Waals surface area contributed by atoms with E-state index in [2.05, 4.69) is 31.7 Å². The predicted molar refractivity (Wildman–Crippen MR) is 93.5 cm³/mol. The van der Waals surface area contributed by atoms with E-state index < -0.39 is 0 Å². The quantitative estimate of drug-likeness (QED) is 0.676. The zero-order valence-corrected chi connectivity index (χ0v) is 13.9. The molecule has 0 saturated heterocycles. The van der Waals surface area contributed by atoms with Gasteiger partial charge in [0, 0.05) is 21.8 Å². The zero-order valence-electron chi connectivity index (χ0n) is 12.3. The summed E-state index contributed by atoms with van der Waals surface area (Å²) in [5.74, 6) is 0.954. The number of nitrogens with one attached hydrogen (secondary N) is 2. The maximum atomic E-state index is 12.0. The molecule has 0 radical (unpaired) electrons. The Balaban J connectivity index is 1.66. The first-order valence-corrected chi connectivity index (χ1v) is 7.77. The van der Waals surface area contributed by atoms with Crippen LogP contribution in [0.1, 0.15) is 5.56 Å². The summed E-state index contributed by atoms with van der Waals surface area (Å²) < 4.78 is 6.23. The van der Waals surface area contributed by atoms with Crippen molar-refractivity contribution in [2.24, 2.45) is 0 Å². The number of hydrogen-bond acceptors (Lipinski definition) is 3. The van der Waals surface area contributed by atoms with Crippen molar-refractivity contribution in [3.63, 3.8) is 0 Å². The summed E-state index contributed by atoms with van der Waals surface area (Å²) in [4.78, 5) is 12.0. The van der Waals surface area contributed by atoms with E-state index in [9.17, 15) is 4.79 Å². The number of halogens is 1. The minimum absolute atomic E-state index is 0.357. The number of aryl methyl sites for hydroxylation is 1. The Morgan fingerprint density at radius 1 is 1.09 bits per heavy atom. The Morgan fingerprint density at radius 2 is 1.87 bits per heavy atom. The molecular formula is C17H14BrN3O2. The SMILES string of the molecule is Cc1cc(NC(=O)Nc2cc(-c3ccccc3)on2)ccc1Br. The van der Waals surface area contributed by atoms with Crippen LogP contribution in [0.15, 0.2) is 63.6 Å². The van der Waals surface area contributed by atoms with Gasteiger partial charge in [-0.1, -0.05) is 51.4 Å². The van der Waals surface area contributed by atoms with E-state index in [4.69, 9.17) is 4.52 Å². The van der Waals surface area contributed by atoms with Crippen LogP contribution in [0.3, 0.4) is 0 Å². The number of hydrogen-bond donors (Lipinski definition) is 2. The monoisotopic (exact) mass is 371 g/mol. The first kappa shape index (κ1) is 15.3. The molecule has 0 aliphatic heterocycles. The van der Waals surface area contributed by atoms with Crippen LogP contribution >= 0.6 is 15.9 Å². The lowest BCUT2D eigenvalue weighted by Gasteiger charge is -2.06. The summed E-state index contributed by atoms with van der Waals surface area (Å²) >= 11 is 3.42. The van der Waals surface area contributed by atoms with Gasteiger partial charge in [0.05, 0.1) is 0 Å². The molecule has 0 saturated carbocycles. The van der Waals surface area contributed by atoms with E-state index in [1.165, 1.54) is 0 Å². The van der Waals surface area contributed by atoms with E-state index >= 15 is 0 Å². The molecule has 2 N–H and O–H groups in total. The van der Waals surface area contributed by atoms with Crippen molar-refractivity contribution in [1.82, 2.24) is 5.16 Å². The number of carbonyl (C=O) groups is 1. The lowest BCUT2D eigenvalue weighted by atomic mass is 10.2. The molecule has 3 aromatic rings. The molecular weight excluding hydrogens is 358 g/mol. The molecule has 116 valence electrons. The van der Waals surface area contributed by atoms with E-state index in [-0.39, 0.29) is 6.03 Å².